The lowest BCUT2D eigenvalue weighted by Crippen LogP contribution is -2.46. The molecule has 1 aromatic heterocycles. The van der Waals surface area contributed by atoms with Crippen LogP contribution in [-0.4, -0.2) is 43.2 Å². The van der Waals surface area contributed by atoms with E-state index in [-0.39, 0.29) is 35.6 Å². The Morgan fingerprint density at radius 3 is 2.66 bits per heavy atom. The van der Waals surface area contributed by atoms with Gasteiger partial charge in [-0.25, -0.2) is 12.8 Å². The van der Waals surface area contributed by atoms with Crippen molar-refractivity contribution in [3.05, 3.63) is 51.6 Å². The summed E-state index contributed by atoms with van der Waals surface area (Å²) < 4.78 is 41.3. The molecule has 154 valence electrons. The fourth-order valence-electron chi connectivity index (χ4n) is 3.32. The molecule has 5 nitrogen and oxygen atoms in total. The highest BCUT2D eigenvalue weighted by molar-refractivity contribution is 9.11. The number of piperidine rings is 1. The second-order valence-electron chi connectivity index (χ2n) is 6.79. The molecule has 0 aliphatic carbocycles. The average Bonchev–Trinajstić information content (AvgIpc) is 3.16. The first-order chi connectivity index (χ1) is 13.8. The van der Waals surface area contributed by atoms with E-state index in [4.69, 9.17) is 6.42 Å². The summed E-state index contributed by atoms with van der Waals surface area (Å²) in [6.07, 6.45) is 6.64. The van der Waals surface area contributed by atoms with Crippen LogP contribution in [0.1, 0.15) is 18.4 Å². The Balaban J connectivity index is 1.74. The minimum atomic E-state index is -3.64. The van der Waals surface area contributed by atoms with E-state index in [1.165, 1.54) is 21.3 Å². The Morgan fingerprint density at radius 2 is 2.03 bits per heavy atom. The summed E-state index contributed by atoms with van der Waals surface area (Å²) >= 11 is 4.44. The molecule has 9 heteroatoms. The molecule has 2 aromatic rings. The van der Waals surface area contributed by atoms with Crippen molar-refractivity contribution in [3.63, 3.8) is 0 Å². The number of nitrogens with zero attached hydrogens (tertiary/aromatic N) is 2. The van der Waals surface area contributed by atoms with Crippen LogP contribution in [0, 0.1) is 24.1 Å². The van der Waals surface area contributed by atoms with E-state index in [0.717, 1.165) is 20.7 Å². The lowest BCUT2D eigenvalue weighted by molar-refractivity contribution is -0.136. The van der Waals surface area contributed by atoms with Gasteiger partial charge in [0.1, 0.15) is 10.0 Å². The number of hydrogen-bond donors (Lipinski definition) is 0. The molecule has 1 unspecified atom stereocenters. The van der Waals surface area contributed by atoms with Gasteiger partial charge in [0.05, 0.1) is 16.2 Å². The van der Waals surface area contributed by atoms with Gasteiger partial charge in [-0.05, 0) is 58.6 Å². The number of amides is 1. The largest absolute Gasteiger partial charge is 0.327 e. The molecule has 1 aliphatic heterocycles. The number of halogens is 2. The summed E-state index contributed by atoms with van der Waals surface area (Å²) in [5, 5.41) is 0. The third kappa shape index (κ3) is 5.25. The van der Waals surface area contributed by atoms with Crippen molar-refractivity contribution in [1.29, 1.82) is 0 Å². The summed E-state index contributed by atoms with van der Waals surface area (Å²) in [6, 6.07) is 9.15. The third-order valence-corrected chi connectivity index (χ3v) is 8.71. The molecule has 1 aromatic carbocycles. The zero-order valence-corrected chi connectivity index (χ0v) is 18.8. The molecule has 1 amide bonds. The lowest BCUT2D eigenvalue weighted by Gasteiger charge is -2.33. The van der Waals surface area contributed by atoms with Gasteiger partial charge in [0, 0.05) is 19.6 Å². The normalized spacial score (nSPS) is 17.6. The van der Waals surface area contributed by atoms with Crippen LogP contribution in [0.3, 0.4) is 0 Å². The topological polar surface area (TPSA) is 57.7 Å². The van der Waals surface area contributed by atoms with E-state index >= 15 is 0 Å². The molecular weight excluding hydrogens is 479 g/mol. The molecule has 0 saturated carbocycles. The summed E-state index contributed by atoms with van der Waals surface area (Å²) in [5.74, 6) is 1.49. The van der Waals surface area contributed by atoms with E-state index < -0.39 is 15.9 Å². The number of carbonyl (C=O) groups is 1. The number of rotatable bonds is 6. The van der Waals surface area contributed by atoms with E-state index in [1.54, 1.807) is 24.3 Å². The van der Waals surface area contributed by atoms with Gasteiger partial charge in [0.2, 0.25) is 5.91 Å². The standard InChI is InChI=1S/C20H20BrFN2O3S2/c1-2-11-23(13-15-5-7-17(22)8-6-15)20(25)16-4-3-12-24(14-16)29(26,27)19-10-9-18(21)28-19/h1,5-10,16H,3-4,11-14H2. The number of hydrogen-bond acceptors (Lipinski definition) is 4. The fraction of sp³-hybridized carbons (Fsp3) is 0.350. The molecule has 1 fully saturated rings. The summed E-state index contributed by atoms with van der Waals surface area (Å²) in [5.41, 5.74) is 0.763. The van der Waals surface area contributed by atoms with Crippen LogP contribution in [0.4, 0.5) is 4.39 Å². The van der Waals surface area contributed by atoms with Gasteiger partial charge >= 0.3 is 0 Å². The van der Waals surface area contributed by atoms with E-state index in [9.17, 15) is 17.6 Å². The Kier molecular flexibility index (Phi) is 7.11. The van der Waals surface area contributed by atoms with Gasteiger partial charge in [0.15, 0.2) is 0 Å². The first-order valence-electron chi connectivity index (χ1n) is 9.03. The summed E-state index contributed by atoms with van der Waals surface area (Å²) in [4.78, 5) is 14.6. The molecule has 1 saturated heterocycles. The minimum absolute atomic E-state index is 0.108. The maximum Gasteiger partial charge on any atom is 0.252 e. The molecule has 1 atom stereocenters. The second kappa shape index (κ2) is 9.39. The first-order valence-corrected chi connectivity index (χ1v) is 12.1. The molecule has 3 rings (SSSR count). The number of benzene rings is 1. The Hall–Kier alpha value is -1.73. The van der Waals surface area contributed by atoms with Crippen LogP contribution in [0.15, 0.2) is 44.4 Å². The summed E-state index contributed by atoms with van der Waals surface area (Å²) in [7, 11) is -3.64. The van der Waals surface area contributed by atoms with Crippen LogP contribution in [0.25, 0.3) is 0 Å². The highest BCUT2D eigenvalue weighted by Gasteiger charge is 2.35. The quantitative estimate of drug-likeness (QED) is 0.570. The predicted octanol–water partition coefficient (Wildman–Crippen LogP) is 3.71. The van der Waals surface area contributed by atoms with Crippen molar-refractivity contribution in [2.75, 3.05) is 19.6 Å². The van der Waals surface area contributed by atoms with Gasteiger partial charge in [-0.1, -0.05) is 18.1 Å². The van der Waals surface area contributed by atoms with Gasteiger partial charge in [-0.3, -0.25) is 4.79 Å². The number of carbonyl (C=O) groups excluding carboxylic acids is 1. The van der Waals surface area contributed by atoms with Gasteiger partial charge in [-0.15, -0.1) is 17.8 Å². The Labute approximate surface area is 182 Å². The zero-order valence-electron chi connectivity index (χ0n) is 15.6. The Bertz CT molecular complexity index is 1020. The molecule has 1 aliphatic rings. The molecule has 0 bridgehead atoms. The van der Waals surface area contributed by atoms with E-state index in [1.807, 2.05) is 0 Å². The SMILES string of the molecule is C#CCN(Cc1ccc(F)cc1)C(=O)C1CCCN(S(=O)(=O)c2ccc(Br)s2)C1. The van der Waals surface area contributed by atoms with Gasteiger partial charge < -0.3 is 4.90 Å². The van der Waals surface area contributed by atoms with Crippen molar-refractivity contribution in [1.82, 2.24) is 9.21 Å². The third-order valence-electron chi connectivity index (χ3n) is 4.76. The molecule has 2 heterocycles. The number of thiophene rings is 1. The monoisotopic (exact) mass is 498 g/mol. The Morgan fingerprint density at radius 1 is 1.31 bits per heavy atom. The maximum absolute atomic E-state index is 13.1. The first kappa shape index (κ1) is 22.0. The van der Waals surface area contributed by atoms with Crippen molar-refractivity contribution < 1.29 is 17.6 Å². The lowest BCUT2D eigenvalue weighted by atomic mass is 9.97. The van der Waals surface area contributed by atoms with Crippen LogP contribution >= 0.6 is 27.3 Å². The molecule has 0 N–H and O–H groups in total. The van der Waals surface area contributed by atoms with Crippen molar-refractivity contribution in [2.45, 2.75) is 23.6 Å². The molecule has 0 spiro atoms. The number of sulfonamides is 1. The molecule has 29 heavy (non-hydrogen) atoms. The predicted molar refractivity (Wildman–Crippen MR) is 114 cm³/mol. The molecule has 0 radical (unpaired) electrons. The van der Waals surface area contributed by atoms with Crippen LogP contribution in [0.2, 0.25) is 0 Å². The van der Waals surface area contributed by atoms with Crippen molar-refractivity contribution >= 4 is 43.2 Å². The van der Waals surface area contributed by atoms with Crippen molar-refractivity contribution in [2.24, 2.45) is 5.92 Å². The fourth-order valence-corrected chi connectivity index (χ4v) is 7.00. The average molecular weight is 499 g/mol. The maximum atomic E-state index is 13.1. The van der Waals surface area contributed by atoms with E-state index in [2.05, 4.69) is 21.9 Å². The second-order valence-corrected chi connectivity index (χ2v) is 11.4. The van der Waals surface area contributed by atoms with Crippen LogP contribution in [-0.2, 0) is 21.4 Å². The van der Waals surface area contributed by atoms with Crippen molar-refractivity contribution in [3.8, 4) is 12.3 Å². The zero-order chi connectivity index (χ0) is 21.0. The summed E-state index contributed by atoms with van der Waals surface area (Å²) in [6.45, 7) is 0.873. The van der Waals surface area contributed by atoms with Crippen LogP contribution in [0.5, 0.6) is 0 Å². The van der Waals surface area contributed by atoms with E-state index in [0.29, 0.717) is 19.4 Å². The van der Waals surface area contributed by atoms with Crippen LogP contribution < -0.4 is 0 Å². The van der Waals surface area contributed by atoms with Gasteiger partial charge in [0.25, 0.3) is 10.0 Å². The van der Waals surface area contributed by atoms with Gasteiger partial charge in [-0.2, -0.15) is 4.31 Å². The molecular formula is C20H20BrFN2O3S2. The smallest absolute Gasteiger partial charge is 0.252 e. The number of terminal acetylenes is 1. The highest BCUT2D eigenvalue weighted by atomic mass is 79.9. The highest BCUT2D eigenvalue weighted by Crippen LogP contribution is 2.31. The minimum Gasteiger partial charge on any atom is -0.327 e.